The van der Waals surface area contributed by atoms with E-state index in [1.807, 2.05) is 42.5 Å². The van der Waals surface area contributed by atoms with Crippen molar-refractivity contribution in [3.8, 4) is 0 Å². The topological polar surface area (TPSA) is 50.7 Å². The van der Waals surface area contributed by atoms with Crippen LogP contribution in [0.2, 0.25) is 0 Å². The van der Waals surface area contributed by atoms with Crippen LogP contribution in [0.1, 0.15) is 29.0 Å². The summed E-state index contributed by atoms with van der Waals surface area (Å²) >= 11 is 0. The zero-order chi connectivity index (χ0) is 16.8. The lowest BCUT2D eigenvalue weighted by Crippen LogP contribution is -2.16. The van der Waals surface area contributed by atoms with E-state index < -0.39 is 0 Å². The third-order valence-electron chi connectivity index (χ3n) is 4.09. The first-order chi connectivity index (χ1) is 11.8. The average Bonchev–Trinajstić information content (AvgIpc) is 2.67. The van der Waals surface area contributed by atoms with Gasteiger partial charge in [-0.05, 0) is 12.0 Å². The second kappa shape index (κ2) is 7.55. The van der Waals surface area contributed by atoms with Gasteiger partial charge in [-0.1, -0.05) is 78.9 Å². The van der Waals surface area contributed by atoms with Gasteiger partial charge in [-0.2, -0.15) is 0 Å². The second-order valence-corrected chi connectivity index (χ2v) is 5.69. The molecule has 1 atom stereocenters. The summed E-state index contributed by atoms with van der Waals surface area (Å²) in [7, 11) is 1.73. The smallest absolute Gasteiger partial charge is 0.156 e. The minimum atomic E-state index is 0.444. The number of hydrogen-bond donors (Lipinski definition) is 1. The summed E-state index contributed by atoms with van der Waals surface area (Å²) in [5.41, 5.74) is 9.34. The molecule has 1 unspecified atom stereocenters. The van der Waals surface area contributed by atoms with Crippen molar-refractivity contribution in [3.05, 3.63) is 95.6 Å². The number of aliphatic imine (C=N–C) groups is 2. The molecule has 1 aliphatic rings. The van der Waals surface area contributed by atoms with Crippen LogP contribution in [0.3, 0.4) is 0 Å². The summed E-state index contributed by atoms with van der Waals surface area (Å²) in [4.78, 5) is 8.74. The monoisotopic (exact) mass is 315 g/mol. The van der Waals surface area contributed by atoms with Crippen molar-refractivity contribution >= 4 is 11.7 Å². The van der Waals surface area contributed by atoms with Gasteiger partial charge in [0.25, 0.3) is 0 Å². The van der Waals surface area contributed by atoms with Crippen molar-refractivity contribution in [2.75, 3.05) is 7.05 Å². The number of hydrogen-bond acceptors (Lipinski definition) is 1. The van der Waals surface area contributed by atoms with Gasteiger partial charge in [-0.15, -0.1) is 0 Å². The van der Waals surface area contributed by atoms with Crippen LogP contribution in [-0.4, -0.2) is 18.7 Å². The zero-order valence-corrected chi connectivity index (χ0v) is 13.8. The van der Waals surface area contributed by atoms with E-state index >= 15 is 0 Å². The molecule has 1 aliphatic carbocycles. The number of allylic oxidation sites excluding steroid dienone is 4. The lowest BCUT2D eigenvalue weighted by Gasteiger charge is -2.13. The highest BCUT2D eigenvalue weighted by atomic mass is 14.9. The van der Waals surface area contributed by atoms with Gasteiger partial charge in [0.05, 0.1) is 0 Å². The Morgan fingerprint density at radius 1 is 0.958 bits per heavy atom. The maximum atomic E-state index is 6.18. The minimum absolute atomic E-state index is 0.444. The number of amidine groups is 2. The van der Waals surface area contributed by atoms with Crippen LogP contribution in [-0.2, 0) is 0 Å². The maximum Gasteiger partial charge on any atom is 0.156 e. The third-order valence-corrected chi connectivity index (χ3v) is 4.09. The molecule has 3 nitrogen and oxygen atoms in total. The fraction of sp³-hybridized carbons (Fsp3) is 0.143. The molecule has 0 amide bonds. The van der Waals surface area contributed by atoms with Crippen LogP contribution in [0.5, 0.6) is 0 Å². The van der Waals surface area contributed by atoms with Crippen LogP contribution >= 0.6 is 0 Å². The normalized spacial score (nSPS) is 18.0. The molecule has 3 heteroatoms. The molecule has 3 rings (SSSR count). The summed E-state index contributed by atoms with van der Waals surface area (Å²) in [6.07, 6.45) is 9.65. The van der Waals surface area contributed by atoms with Crippen molar-refractivity contribution in [2.24, 2.45) is 15.7 Å². The first kappa shape index (κ1) is 15.9. The van der Waals surface area contributed by atoms with E-state index in [-0.39, 0.29) is 0 Å². The number of benzene rings is 2. The van der Waals surface area contributed by atoms with Crippen LogP contribution in [0.15, 0.2) is 88.9 Å². The summed E-state index contributed by atoms with van der Waals surface area (Å²) < 4.78 is 0. The Hall–Kier alpha value is -2.94. The Balaban J connectivity index is 1.80. The van der Waals surface area contributed by atoms with Gasteiger partial charge < -0.3 is 5.73 Å². The molecular weight excluding hydrogens is 294 g/mol. The van der Waals surface area contributed by atoms with Crippen molar-refractivity contribution < 1.29 is 0 Å². The molecular formula is C21H21N3. The molecule has 0 bridgehead atoms. The molecule has 2 aromatic carbocycles. The van der Waals surface area contributed by atoms with Crippen molar-refractivity contribution in [2.45, 2.75) is 12.3 Å². The van der Waals surface area contributed by atoms with E-state index in [1.165, 1.54) is 5.56 Å². The van der Waals surface area contributed by atoms with Crippen LogP contribution in [0.4, 0.5) is 0 Å². The lowest BCUT2D eigenvalue weighted by atomic mass is 9.92. The molecule has 24 heavy (non-hydrogen) atoms. The predicted molar refractivity (Wildman–Crippen MR) is 102 cm³/mol. The Kier molecular flexibility index (Phi) is 5.02. The Morgan fingerprint density at radius 3 is 2.33 bits per heavy atom. The van der Waals surface area contributed by atoms with Gasteiger partial charge in [0.2, 0.25) is 0 Å². The van der Waals surface area contributed by atoms with E-state index in [0.29, 0.717) is 17.6 Å². The summed E-state index contributed by atoms with van der Waals surface area (Å²) in [5.74, 6) is 1.56. The van der Waals surface area contributed by atoms with E-state index in [9.17, 15) is 0 Å². The van der Waals surface area contributed by atoms with Crippen molar-refractivity contribution in [3.63, 3.8) is 0 Å². The second-order valence-electron chi connectivity index (χ2n) is 5.69. The van der Waals surface area contributed by atoms with Crippen LogP contribution in [0.25, 0.3) is 0 Å². The molecule has 0 aromatic heterocycles. The zero-order valence-electron chi connectivity index (χ0n) is 13.8. The quantitative estimate of drug-likeness (QED) is 0.673. The largest absolute Gasteiger partial charge is 0.383 e. The molecule has 0 aliphatic heterocycles. The van der Waals surface area contributed by atoms with E-state index in [2.05, 4.69) is 46.4 Å². The molecule has 0 heterocycles. The van der Waals surface area contributed by atoms with Gasteiger partial charge in [-0.25, -0.2) is 4.99 Å². The van der Waals surface area contributed by atoms with Gasteiger partial charge in [0.1, 0.15) is 5.84 Å². The fourth-order valence-corrected chi connectivity index (χ4v) is 2.74. The molecule has 2 aromatic rings. The Bertz CT molecular complexity index is 797. The highest BCUT2D eigenvalue weighted by Crippen LogP contribution is 2.24. The highest BCUT2D eigenvalue weighted by Gasteiger charge is 2.09. The summed E-state index contributed by atoms with van der Waals surface area (Å²) in [5, 5.41) is 0. The van der Waals surface area contributed by atoms with Crippen molar-refractivity contribution in [1.82, 2.24) is 0 Å². The summed E-state index contributed by atoms with van der Waals surface area (Å²) in [6.45, 7) is 0. The van der Waals surface area contributed by atoms with E-state index in [4.69, 9.17) is 5.73 Å². The number of nitrogens with zero attached hydrogens (tertiary/aromatic N) is 2. The van der Waals surface area contributed by atoms with Gasteiger partial charge >= 0.3 is 0 Å². The van der Waals surface area contributed by atoms with E-state index in [1.54, 1.807) is 7.05 Å². The molecule has 2 N–H and O–H groups in total. The third kappa shape index (κ3) is 3.69. The minimum Gasteiger partial charge on any atom is -0.383 e. The molecule has 0 spiro atoms. The predicted octanol–water partition coefficient (Wildman–Crippen LogP) is 4.07. The van der Waals surface area contributed by atoms with Crippen LogP contribution in [0, 0.1) is 0 Å². The number of nitrogens with two attached hydrogens (primary N) is 1. The first-order valence-electron chi connectivity index (χ1n) is 8.08. The molecule has 120 valence electrons. The average molecular weight is 315 g/mol. The fourth-order valence-electron chi connectivity index (χ4n) is 2.74. The maximum absolute atomic E-state index is 6.18. The SMILES string of the molecule is CN=C(N=C(N)c1ccc(C2C=CC=CC2)cc1)c1ccccc1. The lowest BCUT2D eigenvalue weighted by molar-refractivity contribution is 0.854. The first-order valence-corrected chi connectivity index (χ1v) is 8.08. The van der Waals surface area contributed by atoms with Crippen LogP contribution < -0.4 is 5.73 Å². The Morgan fingerprint density at radius 2 is 1.71 bits per heavy atom. The van der Waals surface area contributed by atoms with Crippen molar-refractivity contribution in [1.29, 1.82) is 0 Å². The number of rotatable bonds is 3. The molecule has 0 saturated heterocycles. The molecule has 0 saturated carbocycles. The van der Waals surface area contributed by atoms with E-state index in [0.717, 1.165) is 17.5 Å². The Labute approximate surface area is 143 Å². The molecule has 0 radical (unpaired) electrons. The highest BCUT2D eigenvalue weighted by molar-refractivity contribution is 6.10. The van der Waals surface area contributed by atoms with Gasteiger partial charge in [0.15, 0.2) is 5.84 Å². The van der Waals surface area contributed by atoms with Gasteiger partial charge in [-0.3, -0.25) is 4.99 Å². The molecule has 0 fully saturated rings. The van der Waals surface area contributed by atoms with Gasteiger partial charge in [0, 0.05) is 24.1 Å². The standard InChI is InChI=1S/C21H21N3/c1-23-21(19-10-6-3-7-11-19)24-20(22)18-14-12-17(13-15-18)16-8-4-2-5-9-16/h2-8,10-16H,9H2,1H3,(H2,22,23,24). The summed E-state index contributed by atoms with van der Waals surface area (Å²) in [6, 6.07) is 18.2.